The third kappa shape index (κ3) is 0.900. The Morgan fingerprint density at radius 2 is 2.22 bits per heavy atom. The zero-order chi connectivity index (χ0) is 7.02. The summed E-state index contributed by atoms with van der Waals surface area (Å²) in [5.74, 6) is -0.127. The van der Waals surface area contributed by atoms with Crippen LogP contribution < -0.4 is 0 Å². The monoisotopic (exact) mass is 126 g/mol. The fourth-order valence-electron chi connectivity index (χ4n) is 0.937. The van der Waals surface area contributed by atoms with Crippen LogP contribution in [0, 0.1) is 5.92 Å². The molecule has 1 rings (SSSR count). The maximum Gasteiger partial charge on any atom is 0.184 e. The number of aliphatic hydroxyl groups is 1. The fraction of sp³-hybridized carbons (Fsp3) is 0.571. The second kappa shape index (κ2) is 1.95. The number of hydrogen-bond acceptors (Lipinski definition) is 2. The molecule has 1 N–H and O–H groups in total. The maximum atomic E-state index is 10.7. The first kappa shape index (κ1) is 6.49. The standard InChI is InChI=1S/C7H10O2/c1-4-3-6(8)7(9)5(4)2/h3,5,7,9H,1-2H3/t5-,7+/m1/s1. The first-order valence-electron chi connectivity index (χ1n) is 3.03. The predicted molar refractivity (Wildman–Crippen MR) is 33.9 cm³/mol. The molecule has 1 aliphatic rings. The van der Waals surface area contributed by atoms with Gasteiger partial charge >= 0.3 is 0 Å². The molecule has 0 unspecified atom stereocenters. The Labute approximate surface area is 54.2 Å². The van der Waals surface area contributed by atoms with E-state index < -0.39 is 6.10 Å². The van der Waals surface area contributed by atoms with Gasteiger partial charge in [-0.2, -0.15) is 0 Å². The Kier molecular flexibility index (Phi) is 1.41. The average Bonchev–Trinajstić information content (AvgIpc) is 1.98. The molecule has 0 fully saturated rings. The summed E-state index contributed by atoms with van der Waals surface area (Å²) in [6.45, 7) is 3.71. The van der Waals surface area contributed by atoms with Crippen LogP contribution >= 0.6 is 0 Å². The lowest BCUT2D eigenvalue weighted by atomic mass is 10.0. The van der Waals surface area contributed by atoms with Gasteiger partial charge in [-0.1, -0.05) is 12.5 Å². The third-order valence-corrected chi connectivity index (χ3v) is 1.85. The molecule has 0 aromatic heterocycles. The van der Waals surface area contributed by atoms with Gasteiger partial charge in [0.1, 0.15) is 6.10 Å². The molecule has 1 aliphatic carbocycles. The quantitative estimate of drug-likeness (QED) is 0.513. The van der Waals surface area contributed by atoms with E-state index in [-0.39, 0.29) is 11.7 Å². The minimum atomic E-state index is -0.773. The van der Waals surface area contributed by atoms with Gasteiger partial charge in [-0.05, 0) is 13.0 Å². The van der Waals surface area contributed by atoms with E-state index in [2.05, 4.69) is 0 Å². The largest absolute Gasteiger partial charge is 0.384 e. The molecule has 0 aliphatic heterocycles. The summed E-state index contributed by atoms with van der Waals surface area (Å²) in [6.07, 6.45) is 0.736. The normalized spacial score (nSPS) is 35.0. The molecule has 9 heavy (non-hydrogen) atoms. The highest BCUT2D eigenvalue weighted by Crippen LogP contribution is 2.21. The van der Waals surface area contributed by atoms with Crippen LogP contribution in [0.4, 0.5) is 0 Å². The van der Waals surface area contributed by atoms with Gasteiger partial charge in [0.05, 0.1) is 0 Å². The van der Waals surface area contributed by atoms with Crippen LogP contribution in [0.25, 0.3) is 0 Å². The van der Waals surface area contributed by atoms with Crippen molar-refractivity contribution in [2.24, 2.45) is 5.92 Å². The van der Waals surface area contributed by atoms with E-state index in [4.69, 9.17) is 5.11 Å². The SMILES string of the molecule is CC1=CC(=O)[C@@H](O)[C@@H]1C. The molecular formula is C7H10O2. The van der Waals surface area contributed by atoms with Crippen molar-refractivity contribution < 1.29 is 9.90 Å². The molecule has 0 aromatic rings. The Balaban J connectivity index is 2.82. The predicted octanol–water partition coefficient (Wildman–Crippen LogP) is 0.512. The van der Waals surface area contributed by atoms with Crippen molar-refractivity contribution in [3.8, 4) is 0 Å². The first-order chi connectivity index (χ1) is 4.13. The van der Waals surface area contributed by atoms with Crippen LogP contribution in [-0.4, -0.2) is 17.0 Å². The molecule has 0 heterocycles. The fourth-order valence-corrected chi connectivity index (χ4v) is 0.937. The minimum Gasteiger partial charge on any atom is -0.384 e. The van der Waals surface area contributed by atoms with Crippen LogP contribution in [0.3, 0.4) is 0 Å². The van der Waals surface area contributed by atoms with Crippen molar-refractivity contribution in [2.45, 2.75) is 20.0 Å². The van der Waals surface area contributed by atoms with E-state index in [0.29, 0.717) is 0 Å². The summed E-state index contributed by atoms with van der Waals surface area (Å²) in [7, 11) is 0. The van der Waals surface area contributed by atoms with Gasteiger partial charge in [0.2, 0.25) is 0 Å². The number of ketones is 1. The van der Waals surface area contributed by atoms with Crippen molar-refractivity contribution >= 4 is 5.78 Å². The van der Waals surface area contributed by atoms with Crippen molar-refractivity contribution in [2.75, 3.05) is 0 Å². The third-order valence-electron chi connectivity index (χ3n) is 1.85. The number of carbonyl (C=O) groups is 1. The Morgan fingerprint density at radius 1 is 1.67 bits per heavy atom. The zero-order valence-electron chi connectivity index (χ0n) is 5.59. The van der Waals surface area contributed by atoms with E-state index in [1.165, 1.54) is 6.08 Å². The first-order valence-corrected chi connectivity index (χ1v) is 3.03. The van der Waals surface area contributed by atoms with Gasteiger partial charge in [-0.25, -0.2) is 0 Å². The second-order valence-electron chi connectivity index (χ2n) is 2.52. The summed E-state index contributed by atoms with van der Waals surface area (Å²) in [4.78, 5) is 10.7. The van der Waals surface area contributed by atoms with Crippen molar-refractivity contribution in [3.05, 3.63) is 11.6 Å². The lowest BCUT2D eigenvalue weighted by Crippen LogP contribution is -2.19. The van der Waals surface area contributed by atoms with Gasteiger partial charge in [0.25, 0.3) is 0 Å². The second-order valence-corrected chi connectivity index (χ2v) is 2.52. The molecule has 0 spiro atoms. The molecule has 2 nitrogen and oxygen atoms in total. The van der Waals surface area contributed by atoms with Gasteiger partial charge in [0.15, 0.2) is 5.78 Å². The van der Waals surface area contributed by atoms with Gasteiger partial charge in [0, 0.05) is 5.92 Å². The number of rotatable bonds is 0. The number of carbonyl (C=O) groups excluding carboxylic acids is 1. The van der Waals surface area contributed by atoms with E-state index in [0.717, 1.165) is 5.57 Å². The van der Waals surface area contributed by atoms with Crippen LogP contribution in [0.1, 0.15) is 13.8 Å². The Bertz CT molecular complexity index is 170. The average molecular weight is 126 g/mol. The maximum absolute atomic E-state index is 10.7. The lowest BCUT2D eigenvalue weighted by molar-refractivity contribution is -0.122. The van der Waals surface area contributed by atoms with Crippen LogP contribution in [0.2, 0.25) is 0 Å². The van der Waals surface area contributed by atoms with Crippen LogP contribution in [-0.2, 0) is 4.79 Å². The molecule has 0 aromatic carbocycles. The summed E-state index contributed by atoms with van der Waals surface area (Å²) >= 11 is 0. The highest BCUT2D eigenvalue weighted by atomic mass is 16.3. The molecular weight excluding hydrogens is 116 g/mol. The van der Waals surface area contributed by atoms with E-state index in [1.54, 1.807) is 0 Å². The lowest BCUT2D eigenvalue weighted by Gasteiger charge is -2.07. The Hall–Kier alpha value is -0.630. The smallest absolute Gasteiger partial charge is 0.184 e. The van der Waals surface area contributed by atoms with E-state index in [9.17, 15) is 4.79 Å². The minimum absolute atomic E-state index is 0.0255. The summed E-state index contributed by atoms with van der Waals surface area (Å²) in [5, 5.41) is 9.04. The van der Waals surface area contributed by atoms with Crippen LogP contribution in [0.5, 0.6) is 0 Å². The molecule has 0 saturated carbocycles. The molecule has 2 heteroatoms. The summed E-state index contributed by atoms with van der Waals surface area (Å²) < 4.78 is 0. The highest BCUT2D eigenvalue weighted by molar-refractivity contribution is 5.97. The van der Waals surface area contributed by atoms with Crippen molar-refractivity contribution in [3.63, 3.8) is 0 Å². The molecule has 50 valence electrons. The molecule has 0 radical (unpaired) electrons. The van der Waals surface area contributed by atoms with E-state index >= 15 is 0 Å². The van der Waals surface area contributed by atoms with Crippen molar-refractivity contribution in [1.82, 2.24) is 0 Å². The topological polar surface area (TPSA) is 37.3 Å². The molecule has 2 atom stereocenters. The van der Waals surface area contributed by atoms with Crippen LogP contribution in [0.15, 0.2) is 11.6 Å². The number of hydrogen-bond donors (Lipinski definition) is 1. The number of aliphatic hydroxyl groups excluding tert-OH is 1. The van der Waals surface area contributed by atoms with Gasteiger partial charge < -0.3 is 5.11 Å². The van der Waals surface area contributed by atoms with Crippen molar-refractivity contribution in [1.29, 1.82) is 0 Å². The molecule has 0 bridgehead atoms. The van der Waals surface area contributed by atoms with Gasteiger partial charge in [-0.3, -0.25) is 4.79 Å². The van der Waals surface area contributed by atoms with E-state index in [1.807, 2.05) is 13.8 Å². The summed E-state index contributed by atoms with van der Waals surface area (Å²) in [6, 6.07) is 0. The highest BCUT2D eigenvalue weighted by Gasteiger charge is 2.27. The molecule has 0 amide bonds. The molecule has 0 saturated heterocycles. The van der Waals surface area contributed by atoms with Gasteiger partial charge in [-0.15, -0.1) is 0 Å². The zero-order valence-corrected chi connectivity index (χ0v) is 5.59. The summed E-state index contributed by atoms with van der Waals surface area (Å²) in [5.41, 5.74) is 0.979. The Morgan fingerprint density at radius 3 is 2.33 bits per heavy atom.